The zero-order chi connectivity index (χ0) is 15.2. The van der Waals surface area contributed by atoms with E-state index in [0.29, 0.717) is 13.0 Å². The fourth-order valence-electron chi connectivity index (χ4n) is 2.20. The molecule has 0 spiro atoms. The number of aromatic amines is 1. The van der Waals surface area contributed by atoms with Crippen molar-refractivity contribution in [3.05, 3.63) is 36.0 Å². The first-order valence-corrected chi connectivity index (χ1v) is 6.88. The molecule has 0 aliphatic carbocycles. The number of carboxylic acid groups (broad SMARTS) is 1. The number of hydrogen-bond donors (Lipinski definition) is 4. The molecule has 0 saturated heterocycles. The first-order valence-electron chi connectivity index (χ1n) is 6.88. The molecule has 1 atom stereocenters. The third kappa shape index (κ3) is 4.06. The molecule has 2 rings (SSSR count). The highest BCUT2D eigenvalue weighted by Crippen LogP contribution is 2.17. The van der Waals surface area contributed by atoms with Gasteiger partial charge in [0.15, 0.2) is 0 Å². The highest BCUT2D eigenvalue weighted by atomic mass is 16.4. The summed E-state index contributed by atoms with van der Waals surface area (Å²) in [5, 5.41) is 12.4. The summed E-state index contributed by atoms with van der Waals surface area (Å²) < 4.78 is 0. The molecule has 6 heteroatoms. The highest BCUT2D eigenvalue weighted by molar-refractivity contribution is 5.84. The number of nitrogens with two attached hydrogens (primary N) is 1. The number of rotatable bonds is 7. The molecule has 0 fully saturated rings. The number of benzene rings is 1. The Hall–Kier alpha value is -2.34. The maximum absolute atomic E-state index is 11.7. The van der Waals surface area contributed by atoms with Crippen LogP contribution in [0.1, 0.15) is 18.4 Å². The number of amides is 1. The number of nitrogens with one attached hydrogen (secondary N) is 2. The molecule has 1 heterocycles. The maximum Gasteiger partial charge on any atom is 0.303 e. The molecule has 112 valence electrons. The van der Waals surface area contributed by atoms with Crippen LogP contribution >= 0.6 is 0 Å². The van der Waals surface area contributed by atoms with E-state index in [4.69, 9.17) is 10.8 Å². The molecular weight excluding hydrogens is 270 g/mol. The summed E-state index contributed by atoms with van der Waals surface area (Å²) in [5.74, 6) is -1.26. The van der Waals surface area contributed by atoms with E-state index in [1.54, 1.807) is 0 Å². The van der Waals surface area contributed by atoms with Crippen LogP contribution < -0.4 is 11.1 Å². The molecule has 1 amide bonds. The number of carboxylic acids is 1. The van der Waals surface area contributed by atoms with E-state index in [2.05, 4.69) is 10.3 Å². The van der Waals surface area contributed by atoms with Gasteiger partial charge >= 0.3 is 5.97 Å². The summed E-state index contributed by atoms with van der Waals surface area (Å²) in [4.78, 5) is 25.3. The van der Waals surface area contributed by atoms with Crippen LogP contribution in [0.25, 0.3) is 10.9 Å². The fourth-order valence-corrected chi connectivity index (χ4v) is 2.20. The van der Waals surface area contributed by atoms with E-state index in [1.165, 1.54) is 0 Å². The lowest BCUT2D eigenvalue weighted by Crippen LogP contribution is -2.41. The second kappa shape index (κ2) is 6.90. The van der Waals surface area contributed by atoms with Gasteiger partial charge in [-0.05, 0) is 24.5 Å². The average Bonchev–Trinajstić information content (AvgIpc) is 2.88. The molecule has 2 aromatic rings. The molecule has 0 bridgehead atoms. The molecule has 0 aliphatic rings. The Balaban J connectivity index is 1.81. The first kappa shape index (κ1) is 15.1. The predicted octanol–water partition coefficient (Wildman–Crippen LogP) is 1.02. The van der Waals surface area contributed by atoms with Crippen molar-refractivity contribution < 1.29 is 14.7 Å². The Morgan fingerprint density at radius 3 is 2.86 bits per heavy atom. The van der Waals surface area contributed by atoms with Crippen molar-refractivity contribution >= 4 is 22.8 Å². The van der Waals surface area contributed by atoms with Crippen LogP contribution in [0.2, 0.25) is 0 Å². The summed E-state index contributed by atoms with van der Waals surface area (Å²) in [7, 11) is 0. The number of fused-ring (bicyclic) bond motifs is 1. The standard InChI is InChI=1S/C15H19N3O3/c16-12(5-6-14(19)20)15(21)17-8-7-10-9-18-13-4-2-1-3-11(10)13/h1-4,9,12,18H,5-8,16H2,(H,17,21)(H,19,20). The second-order valence-electron chi connectivity index (χ2n) is 4.94. The van der Waals surface area contributed by atoms with Crippen LogP contribution in [0.15, 0.2) is 30.5 Å². The number of hydrogen-bond acceptors (Lipinski definition) is 3. The van der Waals surface area contributed by atoms with E-state index >= 15 is 0 Å². The SMILES string of the molecule is NC(CCC(=O)O)C(=O)NCCc1c[nH]c2ccccc12. The first-order chi connectivity index (χ1) is 10.1. The number of aromatic nitrogens is 1. The average molecular weight is 289 g/mol. The minimum absolute atomic E-state index is 0.100. The fraction of sp³-hybridized carbons (Fsp3) is 0.333. The van der Waals surface area contributed by atoms with Crippen LogP contribution in [0.4, 0.5) is 0 Å². The lowest BCUT2D eigenvalue weighted by atomic mass is 10.1. The number of aliphatic carboxylic acids is 1. The molecule has 21 heavy (non-hydrogen) atoms. The molecule has 1 aromatic carbocycles. The van der Waals surface area contributed by atoms with Gasteiger partial charge in [0.2, 0.25) is 5.91 Å². The lowest BCUT2D eigenvalue weighted by molar-refractivity contribution is -0.137. The normalized spacial score (nSPS) is 12.2. The predicted molar refractivity (Wildman–Crippen MR) is 79.9 cm³/mol. The van der Waals surface area contributed by atoms with Crippen molar-refractivity contribution in [1.29, 1.82) is 0 Å². The van der Waals surface area contributed by atoms with Crippen molar-refractivity contribution in [2.24, 2.45) is 5.73 Å². The summed E-state index contributed by atoms with van der Waals surface area (Å²) in [6.45, 7) is 0.474. The van der Waals surface area contributed by atoms with Crippen LogP contribution in [0, 0.1) is 0 Å². The van der Waals surface area contributed by atoms with Gasteiger partial charge in [0.1, 0.15) is 0 Å². The minimum Gasteiger partial charge on any atom is -0.481 e. The third-order valence-corrected chi connectivity index (χ3v) is 3.37. The Morgan fingerprint density at radius 2 is 2.10 bits per heavy atom. The van der Waals surface area contributed by atoms with Crippen LogP contribution in [0.5, 0.6) is 0 Å². The van der Waals surface area contributed by atoms with Gasteiger partial charge in [-0.15, -0.1) is 0 Å². The molecule has 5 N–H and O–H groups in total. The van der Waals surface area contributed by atoms with Gasteiger partial charge in [0.25, 0.3) is 0 Å². The largest absolute Gasteiger partial charge is 0.481 e. The van der Waals surface area contributed by atoms with Crippen LogP contribution in [-0.2, 0) is 16.0 Å². The summed E-state index contributed by atoms with van der Waals surface area (Å²) >= 11 is 0. The highest BCUT2D eigenvalue weighted by Gasteiger charge is 2.14. The molecule has 0 radical (unpaired) electrons. The monoisotopic (exact) mass is 289 g/mol. The van der Waals surface area contributed by atoms with E-state index < -0.39 is 12.0 Å². The number of carbonyl (C=O) groups is 2. The van der Waals surface area contributed by atoms with Gasteiger partial charge in [-0.25, -0.2) is 0 Å². The van der Waals surface area contributed by atoms with Crippen molar-refractivity contribution in [3.63, 3.8) is 0 Å². The van der Waals surface area contributed by atoms with Crippen molar-refractivity contribution in [1.82, 2.24) is 10.3 Å². The molecule has 0 aliphatic heterocycles. The summed E-state index contributed by atoms with van der Waals surface area (Å²) in [6, 6.07) is 7.19. The maximum atomic E-state index is 11.7. The van der Waals surface area contributed by atoms with Gasteiger partial charge in [-0.3, -0.25) is 9.59 Å². The van der Waals surface area contributed by atoms with E-state index in [9.17, 15) is 9.59 Å². The van der Waals surface area contributed by atoms with E-state index in [1.807, 2.05) is 30.5 Å². The Morgan fingerprint density at radius 1 is 1.33 bits per heavy atom. The van der Waals surface area contributed by atoms with Gasteiger partial charge in [0.05, 0.1) is 6.04 Å². The molecule has 1 aromatic heterocycles. The van der Waals surface area contributed by atoms with Crippen LogP contribution in [-0.4, -0.2) is 34.6 Å². The van der Waals surface area contributed by atoms with Crippen LogP contribution in [0.3, 0.4) is 0 Å². The topological polar surface area (TPSA) is 108 Å². The number of H-pyrrole nitrogens is 1. The number of carbonyl (C=O) groups excluding carboxylic acids is 1. The van der Waals surface area contributed by atoms with Crippen molar-refractivity contribution in [2.75, 3.05) is 6.54 Å². The molecule has 1 unspecified atom stereocenters. The van der Waals surface area contributed by atoms with E-state index in [-0.39, 0.29) is 18.7 Å². The number of para-hydroxylation sites is 1. The molecule has 6 nitrogen and oxygen atoms in total. The Labute approximate surface area is 122 Å². The summed E-state index contributed by atoms with van der Waals surface area (Å²) in [6.07, 6.45) is 2.67. The minimum atomic E-state index is -0.947. The van der Waals surface area contributed by atoms with Gasteiger partial charge < -0.3 is 21.1 Å². The van der Waals surface area contributed by atoms with Crippen molar-refractivity contribution in [3.8, 4) is 0 Å². The smallest absolute Gasteiger partial charge is 0.303 e. The Bertz CT molecular complexity index is 636. The van der Waals surface area contributed by atoms with Gasteiger partial charge in [-0.1, -0.05) is 18.2 Å². The Kier molecular flexibility index (Phi) is 4.94. The van der Waals surface area contributed by atoms with E-state index in [0.717, 1.165) is 16.5 Å². The van der Waals surface area contributed by atoms with Gasteiger partial charge in [-0.2, -0.15) is 0 Å². The van der Waals surface area contributed by atoms with Crippen molar-refractivity contribution in [2.45, 2.75) is 25.3 Å². The zero-order valence-corrected chi connectivity index (χ0v) is 11.6. The molecular formula is C15H19N3O3. The lowest BCUT2D eigenvalue weighted by Gasteiger charge is -2.10. The van der Waals surface area contributed by atoms with Gasteiger partial charge in [0, 0.05) is 30.1 Å². The zero-order valence-electron chi connectivity index (χ0n) is 11.6. The third-order valence-electron chi connectivity index (χ3n) is 3.37. The molecule has 0 saturated carbocycles. The summed E-state index contributed by atoms with van der Waals surface area (Å²) in [5.41, 5.74) is 7.83. The quantitative estimate of drug-likeness (QED) is 0.610. The second-order valence-corrected chi connectivity index (χ2v) is 4.94.